The van der Waals surface area contributed by atoms with E-state index in [4.69, 9.17) is 4.74 Å². The molecule has 4 nitrogen and oxygen atoms in total. The van der Waals surface area contributed by atoms with Crippen molar-refractivity contribution in [1.82, 2.24) is 0 Å². The highest BCUT2D eigenvalue weighted by atomic mass is 16.5. The molecular weight excluding hydrogens is 218 g/mol. The summed E-state index contributed by atoms with van der Waals surface area (Å²) in [6, 6.07) is 4.72. The Morgan fingerprint density at radius 2 is 2.18 bits per heavy atom. The van der Waals surface area contributed by atoms with E-state index in [2.05, 4.69) is 5.32 Å². The Morgan fingerprint density at radius 3 is 2.71 bits per heavy atom. The van der Waals surface area contributed by atoms with E-state index in [-0.39, 0.29) is 5.75 Å². The quantitative estimate of drug-likeness (QED) is 0.364. The molecule has 0 atom stereocenters. The van der Waals surface area contributed by atoms with Gasteiger partial charge in [0.15, 0.2) is 0 Å². The van der Waals surface area contributed by atoms with Gasteiger partial charge in [-0.1, -0.05) is 11.6 Å². The zero-order valence-electron chi connectivity index (χ0n) is 10.3. The van der Waals surface area contributed by atoms with Gasteiger partial charge in [0.25, 0.3) is 0 Å². The lowest BCUT2D eigenvalue weighted by molar-refractivity contribution is -0.131. The SMILES string of the molecule is CC=C(C)CNc1ccc(OC(C)=O)cc1O. The van der Waals surface area contributed by atoms with Crippen molar-refractivity contribution in [2.24, 2.45) is 0 Å². The van der Waals surface area contributed by atoms with E-state index in [0.717, 1.165) is 0 Å². The topological polar surface area (TPSA) is 58.6 Å². The van der Waals surface area contributed by atoms with Crippen molar-refractivity contribution in [1.29, 1.82) is 0 Å². The molecule has 0 aliphatic carbocycles. The maximum atomic E-state index is 10.7. The van der Waals surface area contributed by atoms with Crippen LogP contribution in [0.5, 0.6) is 11.5 Å². The molecule has 17 heavy (non-hydrogen) atoms. The Hall–Kier alpha value is -1.97. The lowest BCUT2D eigenvalue weighted by Crippen LogP contribution is -2.04. The summed E-state index contributed by atoms with van der Waals surface area (Å²) < 4.78 is 4.86. The molecule has 0 fully saturated rings. The number of carbonyl (C=O) groups is 1. The summed E-state index contributed by atoms with van der Waals surface area (Å²) in [6.07, 6.45) is 2.00. The molecule has 0 heterocycles. The van der Waals surface area contributed by atoms with Gasteiger partial charge in [0.1, 0.15) is 11.5 Å². The molecule has 0 radical (unpaired) electrons. The number of anilines is 1. The van der Waals surface area contributed by atoms with Crippen LogP contribution < -0.4 is 10.1 Å². The summed E-state index contributed by atoms with van der Waals surface area (Å²) >= 11 is 0. The van der Waals surface area contributed by atoms with Gasteiger partial charge in [0, 0.05) is 19.5 Å². The van der Waals surface area contributed by atoms with E-state index < -0.39 is 5.97 Å². The number of benzene rings is 1. The summed E-state index contributed by atoms with van der Waals surface area (Å²) in [6.45, 7) is 5.94. The predicted octanol–water partition coefficient (Wildman–Crippen LogP) is 2.70. The first kappa shape index (κ1) is 13.1. The van der Waals surface area contributed by atoms with Gasteiger partial charge in [0.2, 0.25) is 0 Å². The maximum Gasteiger partial charge on any atom is 0.308 e. The van der Waals surface area contributed by atoms with Crippen LogP contribution in [0.15, 0.2) is 29.8 Å². The van der Waals surface area contributed by atoms with Crippen LogP contribution in [0.3, 0.4) is 0 Å². The Balaban J connectivity index is 2.72. The molecule has 0 saturated heterocycles. The Kier molecular flexibility index (Phi) is 4.57. The Bertz CT molecular complexity index is 438. The van der Waals surface area contributed by atoms with Crippen molar-refractivity contribution in [2.75, 3.05) is 11.9 Å². The number of phenols is 1. The summed E-state index contributed by atoms with van der Waals surface area (Å²) in [7, 11) is 0. The van der Waals surface area contributed by atoms with Crippen LogP contribution in [-0.4, -0.2) is 17.6 Å². The number of carbonyl (C=O) groups excluding carboxylic acids is 1. The van der Waals surface area contributed by atoms with Gasteiger partial charge in [-0.15, -0.1) is 0 Å². The minimum Gasteiger partial charge on any atom is -0.506 e. The molecule has 0 spiro atoms. The standard InChI is InChI=1S/C13H17NO3/c1-4-9(2)8-14-12-6-5-11(7-13(12)16)17-10(3)15/h4-7,14,16H,8H2,1-3H3. The minimum absolute atomic E-state index is 0.0626. The molecule has 0 aromatic heterocycles. The number of nitrogens with one attached hydrogen (secondary N) is 1. The highest BCUT2D eigenvalue weighted by molar-refractivity contribution is 5.70. The van der Waals surface area contributed by atoms with Crippen molar-refractivity contribution >= 4 is 11.7 Å². The maximum absolute atomic E-state index is 10.7. The summed E-state index contributed by atoms with van der Waals surface area (Å²) in [5.41, 5.74) is 1.79. The number of allylic oxidation sites excluding steroid dienone is 1. The van der Waals surface area contributed by atoms with Crippen LogP contribution in [0.4, 0.5) is 5.69 Å². The predicted molar refractivity (Wildman–Crippen MR) is 67.3 cm³/mol. The molecule has 1 rings (SSSR count). The second kappa shape index (κ2) is 5.94. The molecule has 0 unspecified atom stereocenters. The molecule has 0 bridgehead atoms. The van der Waals surface area contributed by atoms with Crippen LogP contribution in [-0.2, 0) is 4.79 Å². The van der Waals surface area contributed by atoms with Crippen molar-refractivity contribution in [2.45, 2.75) is 20.8 Å². The van der Waals surface area contributed by atoms with Gasteiger partial charge in [-0.05, 0) is 26.0 Å². The number of hydrogen-bond acceptors (Lipinski definition) is 4. The molecule has 1 aromatic carbocycles. The molecule has 4 heteroatoms. The monoisotopic (exact) mass is 235 g/mol. The number of rotatable bonds is 4. The fraction of sp³-hybridized carbons (Fsp3) is 0.308. The first-order chi connectivity index (χ1) is 8.02. The first-order valence-electron chi connectivity index (χ1n) is 5.40. The zero-order valence-corrected chi connectivity index (χ0v) is 10.3. The third kappa shape index (κ3) is 4.18. The smallest absolute Gasteiger partial charge is 0.308 e. The van der Waals surface area contributed by atoms with Crippen molar-refractivity contribution < 1.29 is 14.6 Å². The van der Waals surface area contributed by atoms with E-state index in [9.17, 15) is 9.90 Å². The average molecular weight is 235 g/mol. The van der Waals surface area contributed by atoms with E-state index in [1.165, 1.54) is 18.6 Å². The van der Waals surface area contributed by atoms with Crippen molar-refractivity contribution in [3.8, 4) is 11.5 Å². The molecule has 0 amide bonds. The third-order valence-corrected chi connectivity index (χ3v) is 2.28. The lowest BCUT2D eigenvalue weighted by atomic mass is 10.2. The van der Waals surface area contributed by atoms with E-state index in [1.54, 1.807) is 12.1 Å². The third-order valence-electron chi connectivity index (χ3n) is 2.28. The molecule has 2 N–H and O–H groups in total. The Labute approximate surface area is 101 Å². The number of hydrogen-bond donors (Lipinski definition) is 2. The van der Waals surface area contributed by atoms with E-state index in [0.29, 0.717) is 18.0 Å². The summed E-state index contributed by atoms with van der Waals surface area (Å²) in [4.78, 5) is 10.7. The van der Waals surface area contributed by atoms with Crippen LogP contribution in [0.2, 0.25) is 0 Å². The normalized spacial score (nSPS) is 11.1. The van der Waals surface area contributed by atoms with Gasteiger partial charge < -0.3 is 15.2 Å². The number of ether oxygens (including phenoxy) is 1. The molecule has 0 aliphatic rings. The Morgan fingerprint density at radius 1 is 1.47 bits per heavy atom. The molecule has 0 saturated carbocycles. The number of esters is 1. The molecule has 1 aromatic rings. The van der Waals surface area contributed by atoms with Crippen LogP contribution in [0.25, 0.3) is 0 Å². The average Bonchev–Trinajstić information content (AvgIpc) is 2.26. The van der Waals surface area contributed by atoms with Crippen LogP contribution in [0.1, 0.15) is 20.8 Å². The van der Waals surface area contributed by atoms with Gasteiger partial charge in [0.05, 0.1) is 5.69 Å². The fourth-order valence-electron chi connectivity index (χ4n) is 1.23. The number of phenolic OH excluding ortho intramolecular Hbond substituents is 1. The molecular formula is C13H17NO3. The molecule has 0 aliphatic heterocycles. The largest absolute Gasteiger partial charge is 0.506 e. The number of aromatic hydroxyl groups is 1. The zero-order chi connectivity index (χ0) is 12.8. The highest BCUT2D eigenvalue weighted by Gasteiger charge is 2.04. The fourth-order valence-corrected chi connectivity index (χ4v) is 1.23. The van der Waals surface area contributed by atoms with Crippen molar-refractivity contribution in [3.05, 3.63) is 29.8 Å². The van der Waals surface area contributed by atoms with Crippen LogP contribution in [0, 0.1) is 0 Å². The van der Waals surface area contributed by atoms with Crippen molar-refractivity contribution in [3.63, 3.8) is 0 Å². The van der Waals surface area contributed by atoms with Gasteiger partial charge in [-0.3, -0.25) is 4.79 Å². The lowest BCUT2D eigenvalue weighted by Gasteiger charge is -2.09. The summed E-state index contributed by atoms with van der Waals surface area (Å²) in [5, 5.41) is 12.8. The molecule has 92 valence electrons. The second-order valence-electron chi connectivity index (χ2n) is 3.76. The van der Waals surface area contributed by atoms with E-state index >= 15 is 0 Å². The van der Waals surface area contributed by atoms with E-state index in [1.807, 2.05) is 19.9 Å². The van der Waals surface area contributed by atoms with Crippen LogP contribution >= 0.6 is 0 Å². The summed E-state index contributed by atoms with van der Waals surface area (Å²) in [5.74, 6) is -0.00849. The first-order valence-corrected chi connectivity index (χ1v) is 5.40. The van der Waals surface area contributed by atoms with Gasteiger partial charge in [-0.25, -0.2) is 0 Å². The van der Waals surface area contributed by atoms with Gasteiger partial charge in [-0.2, -0.15) is 0 Å². The minimum atomic E-state index is -0.408. The van der Waals surface area contributed by atoms with Gasteiger partial charge >= 0.3 is 5.97 Å². The highest BCUT2D eigenvalue weighted by Crippen LogP contribution is 2.28. The second-order valence-corrected chi connectivity index (χ2v) is 3.76.